The average Bonchev–Trinajstić information content (AvgIpc) is 3.47. The first-order valence-electron chi connectivity index (χ1n) is 9.92. The summed E-state index contributed by atoms with van der Waals surface area (Å²) in [6.07, 6.45) is 2.13. The fourth-order valence-electron chi connectivity index (χ4n) is 4.47. The molecule has 1 saturated carbocycles. The summed E-state index contributed by atoms with van der Waals surface area (Å²) in [7, 11) is 0. The number of nitrogens with zero attached hydrogens (tertiary/aromatic N) is 2. The lowest BCUT2D eigenvalue weighted by molar-refractivity contribution is -0.136. The molecule has 2 N–H and O–H groups in total. The van der Waals surface area contributed by atoms with Crippen molar-refractivity contribution in [3.05, 3.63) is 28.2 Å². The topological polar surface area (TPSA) is 81.8 Å². The number of hydrogen-bond donors (Lipinski definition) is 2. The summed E-state index contributed by atoms with van der Waals surface area (Å²) < 4.78 is 0. The number of halogens is 2. The normalized spacial score (nSPS) is 25.6. The highest BCUT2D eigenvalue weighted by Gasteiger charge is 2.56. The quantitative estimate of drug-likeness (QED) is 0.692. The Balaban J connectivity index is 1.38. The molecule has 2 atom stereocenters. The van der Waals surface area contributed by atoms with Crippen molar-refractivity contribution in [3.8, 4) is 0 Å². The summed E-state index contributed by atoms with van der Waals surface area (Å²) in [5.41, 5.74) is 0.00610. The first-order chi connectivity index (χ1) is 13.8. The fourth-order valence-corrected chi connectivity index (χ4v) is 4.98. The first kappa shape index (κ1) is 20.3. The van der Waals surface area contributed by atoms with Crippen LogP contribution in [0.5, 0.6) is 0 Å². The van der Waals surface area contributed by atoms with Crippen LogP contribution in [0.2, 0.25) is 10.0 Å². The van der Waals surface area contributed by atoms with Crippen molar-refractivity contribution in [2.75, 3.05) is 31.1 Å². The van der Waals surface area contributed by atoms with Crippen molar-refractivity contribution in [1.82, 2.24) is 15.5 Å². The van der Waals surface area contributed by atoms with Crippen LogP contribution in [0.3, 0.4) is 0 Å². The molecule has 9 heteroatoms. The maximum atomic E-state index is 13.0. The molecule has 156 valence electrons. The molecular formula is C20H24Cl2N4O3. The minimum Gasteiger partial charge on any atom is -0.368 e. The SMILES string of the molecule is C[C@H](C[C@]1(C2CC2)NC(=O)NC1=O)C(=O)N1CCN(c2cc(Cl)cc(Cl)c2)CC1. The number of hydrogen-bond acceptors (Lipinski definition) is 4. The molecular weight excluding hydrogens is 415 g/mol. The number of imide groups is 1. The van der Waals surface area contributed by atoms with Crippen molar-refractivity contribution in [3.63, 3.8) is 0 Å². The standard InChI is InChI=1S/C20H24Cl2N4O3/c1-12(11-20(13-2-3-13)18(28)23-19(29)24-20)17(27)26-6-4-25(5-7-26)16-9-14(21)8-15(22)10-16/h8-10,12-13H,2-7,11H2,1H3,(H2,23,24,28,29)/t12-,20-/m1/s1. The Morgan fingerprint density at radius 3 is 2.28 bits per heavy atom. The smallest absolute Gasteiger partial charge is 0.322 e. The number of urea groups is 1. The maximum absolute atomic E-state index is 13.0. The number of amides is 4. The molecule has 0 aromatic heterocycles. The highest BCUT2D eigenvalue weighted by molar-refractivity contribution is 6.35. The first-order valence-corrected chi connectivity index (χ1v) is 10.7. The van der Waals surface area contributed by atoms with E-state index in [1.807, 2.05) is 24.0 Å². The van der Waals surface area contributed by atoms with E-state index in [1.165, 1.54) is 0 Å². The Bertz CT molecular complexity index is 832. The molecule has 0 radical (unpaired) electrons. The van der Waals surface area contributed by atoms with E-state index in [1.54, 1.807) is 6.07 Å². The van der Waals surface area contributed by atoms with Crippen LogP contribution >= 0.6 is 23.2 Å². The average molecular weight is 439 g/mol. The molecule has 2 aliphatic heterocycles. The largest absolute Gasteiger partial charge is 0.368 e. The van der Waals surface area contributed by atoms with Gasteiger partial charge in [0.1, 0.15) is 5.54 Å². The van der Waals surface area contributed by atoms with Gasteiger partial charge in [0, 0.05) is 47.8 Å². The molecule has 0 bridgehead atoms. The Labute approximate surface area is 179 Å². The fraction of sp³-hybridized carbons (Fsp3) is 0.550. The van der Waals surface area contributed by atoms with E-state index >= 15 is 0 Å². The van der Waals surface area contributed by atoms with Crippen LogP contribution < -0.4 is 15.5 Å². The Hall–Kier alpha value is -1.99. The second kappa shape index (κ2) is 7.69. The van der Waals surface area contributed by atoms with Gasteiger partial charge in [-0.1, -0.05) is 30.1 Å². The lowest BCUT2D eigenvalue weighted by Gasteiger charge is -2.38. The number of carbonyl (C=O) groups is 3. The molecule has 4 rings (SSSR count). The lowest BCUT2D eigenvalue weighted by Crippen LogP contribution is -2.54. The summed E-state index contributed by atoms with van der Waals surface area (Å²) in [6, 6.07) is 4.97. The van der Waals surface area contributed by atoms with E-state index in [2.05, 4.69) is 15.5 Å². The van der Waals surface area contributed by atoms with Gasteiger partial charge in [-0.15, -0.1) is 0 Å². The molecule has 29 heavy (non-hydrogen) atoms. The Morgan fingerprint density at radius 2 is 1.76 bits per heavy atom. The summed E-state index contributed by atoms with van der Waals surface area (Å²) in [5, 5.41) is 6.32. The van der Waals surface area contributed by atoms with Gasteiger partial charge in [0.05, 0.1) is 0 Å². The van der Waals surface area contributed by atoms with Crippen LogP contribution in [0.15, 0.2) is 18.2 Å². The summed E-state index contributed by atoms with van der Waals surface area (Å²) in [4.78, 5) is 41.2. The number of rotatable bonds is 5. The summed E-state index contributed by atoms with van der Waals surface area (Å²) in [6.45, 7) is 4.37. The molecule has 3 aliphatic rings. The van der Waals surface area contributed by atoms with Crippen molar-refractivity contribution >= 4 is 46.7 Å². The third kappa shape index (κ3) is 4.03. The third-order valence-corrected chi connectivity index (χ3v) is 6.53. The van der Waals surface area contributed by atoms with Gasteiger partial charge in [0.2, 0.25) is 5.91 Å². The van der Waals surface area contributed by atoms with Gasteiger partial charge in [-0.25, -0.2) is 4.79 Å². The van der Waals surface area contributed by atoms with Gasteiger partial charge in [-0.3, -0.25) is 14.9 Å². The van der Waals surface area contributed by atoms with Gasteiger partial charge in [-0.05, 0) is 43.4 Å². The van der Waals surface area contributed by atoms with Gasteiger partial charge in [0.15, 0.2) is 0 Å². The maximum Gasteiger partial charge on any atom is 0.322 e. The van der Waals surface area contributed by atoms with E-state index < -0.39 is 11.6 Å². The monoisotopic (exact) mass is 438 g/mol. The minimum atomic E-state index is -0.939. The van der Waals surface area contributed by atoms with Crippen LogP contribution in [0.1, 0.15) is 26.2 Å². The van der Waals surface area contributed by atoms with Crippen LogP contribution in [-0.2, 0) is 9.59 Å². The molecule has 0 spiro atoms. The number of piperazine rings is 1. The Morgan fingerprint density at radius 1 is 1.14 bits per heavy atom. The second-order valence-corrected chi connectivity index (χ2v) is 9.07. The molecule has 4 amide bonds. The van der Waals surface area contributed by atoms with Crippen molar-refractivity contribution in [2.45, 2.75) is 31.7 Å². The molecule has 1 aliphatic carbocycles. The number of carbonyl (C=O) groups excluding carboxylic acids is 3. The van der Waals surface area contributed by atoms with Crippen LogP contribution in [0.4, 0.5) is 10.5 Å². The molecule has 2 saturated heterocycles. The van der Waals surface area contributed by atoms with E-state index in [4.69, 9.17) is 23.2 Å². The van der Waals surface area contributed by atoms with Crippen LogP contribution in [-0.4, -0.2) is 54.5 Å². The third-order valence-electron chi connectivity index (χ3n) is 6.10. The summed E-state index contributed by atoms with van der Waals surface area (Å²) >= 11 is 12.2. The van der Waals surface area contributed by atoms with Crippen molar-refractivity contribution < 1.29 is 14.4 Å². The van der Waals surface area contributed by atoms with Crippen molar-refractivity contribution in [1.29, 1.82) is 0 Å². The van der Waals surface area contributed by atoms with Gasteiger partial charge < -0.3 is 15.1 Å². The van der Waals surface area contributed by atoms with E-state index in [0.717, 1.165) is 18.5 Å². The zero-order valence-corrected chi connectivity index (χ0v) is 17.7. The molecule has 3 fully saturated rings. The van der Waals surface area contributed by atoms with E-state index in [0.29, 0.717) is 42.6 Å². The van der Waals surface area contributed by atoms with E-state index in [9.17, 15) is 14.4 Å². The number of benzene rings is 1. The predicted octanol–water partition coefficient (Wildman–Crippen LogP) is 2.66. The van der Waals surface area contributed by atoms with Crippen LogP contribution in [0, 0.1) is 11.8 Å². The molecule has 7 nitrogen and oxygen atoms in total. The van der Waals surface area contributed by atoms with Crippen molar-refractivity contribution in [2.24, 2.45) is 11.8 Å². The number of nitrogens with one attached hydrogen (secondary N) is 2. The zero-order valence-electron chi connectivity index (χ0n) is 16.2. The molecule has 0 unspecified atom stereocenters. The van der Waals surface area contributed by atoms with Gasteiger partial charge in [0.25, 0.3) is 5.91 Å². The van der Waals surface area contributed by atoms with E-state index in [-0.39, 0.29) is 23.7 Å². The lowest BCUT2D eigenvalue weighted by atomic mass is 9.83. The zero-order chi connectivity index (χ0) is 20.8. The number of anilines is 1. The minimum absolute atomic E-state index is 0.0164. The van der Waals surface area contributed by atoms with Gasteiger partial charge in [-0.2, -0.15) is 0 Å². The Kier molecular flexibility index (Phi) is 5.38. The second-order valence-electron chi connectivity index (χ2n) is 8.20. The molecule has 1 aromatic carbocycles. The highest BCUT2D eigenvalue weighted by Crippen LogP contribution is 2.44. The molecule has 2 heterocycles. The highest BCUT2D eigenvalue weighted by atomic mass is 35.5. The van der Waals surface area contributed by atoms with Crippen LogP contribution in [0.25, 0.3) is 0 Å². The summed E-state index contributed by atoms with van der Waals surface area (Å²) in [5.74, 6) is -0.518. The van der Waals surface area contributed by atoms with Gasteiger partial charge >= 0.3 is 6.03 Å². The predicted molar refractivity (Wildman–Crippen MR) is 111 cm³/mol. The molecule has 1 aromatic rings.